The second kappa shape index (κ2) is 3.84. The van der Waals surface area contributed by atoms with Gasteiger partial charge in [0.05, 0.1) is 16.9 Å². The van der Waals surface area contributed by atoms with Gasteiger partial charge in [0, 0.05) is 10.8 Å². The maximum atomic E-state index is 6.06. The molecule has 0 bridgehead atoms. The summed E-state index contributed by atoms with van der Waals surface area (Å²) in [7, 11) is -0.416. The molecule has 1 aliphatic rings. The number of hydrogen-bond acceptors (Lipinski definition) is 4. The second-order valence-corrected chi connectivity index (χ2v) is 6.08. The summed E-state index contributed by atoms with van der Waals surface area (Å²) in [5, 5.41) is 5.02. The minimum Gasteiger partial charge on any atom is -0.399 e. The van der Waals surface area contributed by atoms with Crippen LogP contribution in [0.1, 0.15) is 33.4 Å². The van der Waals surface area contributed by atoms with Gasteiger partial charge in [-0.05, 0) is 40.7 Å². The smallest absolute Gasteiger partial charge is 0.399 e. The summed E-state index contributed by atoms with van der Waals surface area (Å²) in [6.07, 6.45) is 0. The first-order chi connectivity index (χ1) is 8.82. The zero-order valence-electron chi connectivity index (χ0n) is 12.0. The lowest BCUT2D eigenvalue weighted by Crippen LogP contribution is -2.41. The molecule has 0 spiro atoms. The van der Waals surface area contributed by atoms with Gasteiger partial charge in [0.1, 0.15) is 0 Å². The standard InChI is InChI=1S/C14H18BNO3/c1-9-10-7-6-8-11(12(10)17-16-9)15-18-13(2,3)14(4,5)19-15/h6-8H,1-5H3. The number of benzene rings is 1. The molecule has 1 saturated heterocycles. The molecule has 100 valence electrons. The van der Waals surface area contributed by atoms with E-state index in [1.807, 2.05) is 52.8 Å². The van der Waals surface area contributed by atoms with Crippen molar-refractivity contribution >= 4 is 23.6 Å². The van der Waals surface area contributed by atoms with Crippen molar-refractivity contribution in [2.45, 2.75) is 45.8 Å². The van der Waals surface area contributed by atoms with Crippen LogP contribution in [0.5, 0.6) is 0 Å². The van der Waals surface area contributed by atoms with E-state index in [9.17, 15) is 0 Å². The Bertz CT molecular complexity index is 617. The van der Waals surface area contributed by atoms with Gasteiger partial charge in [-0.1, -0.05) is 17.3 Å². The maximum absolute atomic E-state index is 6.06. The third-order valence-corrected chi connectivity index (χ3v) is 4.22. The molecular weight excluding hydrogens is 241 g/mol. The quantitative estimate of drug-likeness (QED) is 0.738. The molecule has 0 N–H and O–H groups in total. The van der Waals surface area contributed by atoms with E-state index in [0.717, 1.165) is 22.1 Å². The normalized spacial score (nSPS) is 21.2. The van der Waals surface area contributed by atoms with Gasteiger partial charge in [-0.2, -0.15) is 0 Å². The fraction of sp³-hybridized carbons (Fsp3) is 0.500. The van der Waals surface area contributed by atoms with Gasteiger partial charge in [0.2, 0.25) is 0 Å². The van der Waals surface area contributed by atoms with Crippen molar-refractivity contribution < 1.29 is 13.8 Å². The van der Waals surface area contributed by atoms with Gasteiger partial charge >= 0.3 is 7.12 Å². The summed E-state index contributed by atoms with van der Waals surface area (Å²) in [5.41, 5.74) is 1.83. The van der Waals surface area contributed by atoms with Gasteiger partial charge in [-0.25, -0.2) is 0 Å². The van der Waals surface area contributed by atoms with Crippen LogP contribution in [0.2, 0.25) is 0 Å². The van der Waals surface area contributed by atoms with Crippen molar-refractivity contribution in [3.8, 4) is 0 Å². The Labute approximate surface area is 113 Å². The minimum atomic E-state index is -0.416. The highest BCUT2D eigenvalue weighted by atomic mass is 16.7. The van der Waals surface area contributed by atoms with Crippen LogP contribution in [0, 0.1) is 6.92 Å². The number of rotatable bonds is 1. The summed E-state index contributed by atoms with van der Waals surface area (Å²) in [5.74, 6) is 0. The highest BCUT2D eigenvalue weighted by molar-refractivity contribution is 6.64. The van der Waals surface area contributed by atoms with E-state index in [1.165, 1.54) is 0 Å². The fourth-order valence-electron chi connectivity index (χ4n) is 2.26. The van der Waals surface area contributed by atoms with Crippen LogP contribution in [-0.4, -0.2) is 23.5 Å². The molecule has 0 saturated carbocycles. The number of aryl methyl sites for hydroxylation is 1. The molecule has 0 radical (unpaired) electrons. The van der Waals surface area contributed by atoms with Gasteiger partial charge < -0.3 is 13.8 Å². The Morgan fingerprint density at radius 1 is 1.05 bits per heavy atom. The third-order valence-electron chi connectivity index (χ3n) is 4.22. The van der Waals surface area contributed by atoms with Gasteiger partial charge in [-0.3, -0.25) is 0 Å². The molecule has 0 aliphatic carbocycles. The SMILES string of the molecule is Cc1noc2c(B3OC(C)(C)C(C)(C)O3)cccc12. The van der Waals surface area contributed by atoms with E-state index in [0.29, 0.717) is 0 Å². The lowest BCUT2D eigenvalue weighted by Gasteiger charge is -2.32. The molecule has 0 amide bonds. The number of nitrogens with zero attached hydrogens (tertiary/aromatic N) is 1. The number of para-hydroxylation sites is 1. The van der Waals surface area contributed by atoms with Crippen LogP contribution in [-0.2, 0) is 9.31 Å². The van der Waals surface area contributed by atoms with Crippen molar-refractivity contribution in [3.63, 3.8) is 0 Å². The predicted molar refractivity (Wildman–Crippen MR) is 74.5 cm³/mol. The molecule has 4 nitrogen and oxygen atoms in total. The van der Waals surface area contributed by atoms with Crippen LogP contribution < -0.4 is 5.46 Å². The first kappa shape index (κ1) is 12.7. The summed E-state index contributed by atoms with van der Waals surface area (Å²) < 4.78 is 17.5. The zero-order chi connectivity index (χ0) is 13.8. The van der Waals surface area contributed by atoms with Gasteiger partial charge in [-0.15, -0.1) is 0 Å². The predicted octanol–water partition coefficient (Wildman–Crippen LogP) is 2.44. The molecule has 1 aromatic carbocycles. The Morgan fingerprint density at radius 2 is 1.68 bits per heavy atom. The number of aromatic nitrogens is 1. The largest absolute Gasteiger partial charge is 0.498 e. The second-order valence-electron chi connectivity index (χ2n) is 6.08. The van der Waals surface area contributed by atoms with E-state index in [2.05, 4.69) is 5.16 Å². The molecule has 1 aliphatic heterocycles. The van der Waals surface area contributed by atoms with Crippen molar-refractivity contribution in [3.05, 3.63) is 23.9 Å². The molecular formula is C14H18BNO3. The van der Waals surface area contributed by atoms with Crippen molar-refractivity contribution in [2.24, 2.45) is 0 Å². The molecule has 3 rings (SSSR count). The molecule has 19 heavy (non-hydrogen) atoms. The highest BCUT2D eigenvalue weighted by Crippen LogP contribution is 2.37. The van der Waals surface area contributed by atoms with Crippen molar-refractivity contribution in [1.29, 1.82) is 0 Å². The number of fused-ring (bicyclic) bond motifs is 1. The number of hydrogen-bond donors (Lipinski definition) is 0. The first-order valence-corrected chi connectivity index (χ1v) is 6.52. The van der Waals surface area contributed by atoms with E-state index in [4.69, 9.17) is 13.8 Å². The summed E-state index contributed by atoms with van der Waals surface area (Å²) in [6.45, 7) is 10.1. The molecule has 0 unspecified atom stereocenters. The average Bonchev–Trinajstić information content (AvgIpc) is 2.78. The average molecular weight is 259 g/mol. The summed E-state index contributed by atoms with van der Waals surface area (Å²) >= 11 is 0. The molecule has 0 atom stereocenters. The van der Waals surface area contributed by atoms with Crippen LogP contribution >= 0.6 is 0 Å². The lowest BCUT2D eigenvalue weighted by atomic mass is 9.78. The summed E-state index contributed by atoms with van der Waals surface area (Å²) in [6, 6.07) is 5.94. The maximum Gasteiger partial charge on any atom is 0.498 e. The van der Waals surface area contributed by atoms with Crippen LogP contribution in [0.25, 0.3) is 11.0 Å². The Balaban J connectivity index is 2.07. The Hall–Kier alpha value is -1.33. The lowest BCUT2D eigenvalue weighted by molar-refractivity contribution is 0.00578. The van der Waals surface area contributed by atoms with Crippen molar-refractivity contribution in [1.82, 2.24) is 5.16 Å². The van der Waals surface area contributed by atoms with E-state index in [1.54, 1.807) is 0 Å². The molecule has 1 aromatic heterocycles. The van der Waals surface area contributed by atoms with Crippen molar-refractivity contribution in [2.75, 3.05) is 0 Å². The Morgan fingerprint density at radius 3 is 2.32 bits per heavy atom. The minimum absolute atomic E-state index is 0.352. The molecule has 2 aromatic rings. The Kier molecular flexibility index (Phi) is 2.56. The van der Waals surface area contributed by atoms with E-state index >= 15 is 0 Å². The molecule has 1 fully saturated rings. The third kappa shape index (κ3) is 1.80. The van der Waals surface area contributed by atoms with Crippen LogP contribution in [0.15, 0.2) is 22.7 Å². The van der Waals surface area contributed by atoms with Crippen LogP contribution in [0.4, 0.5) is 0 Å². The molecule has 5 heteroatoms. The van der Waals surface area contributed by atoms with Crippen LogP contribution in [0.3, 0.4) is 0 Å². The van der Waals surface area contributed by atoms with Gasteiger partial charge in [0.15, 0.2) is 5.58 Å². The van der Waals surface area contributed by atoms with Gasteiger partial charge in [0.25, 0.3) is 0 Å². The fourth-order valence-corrected chi connectivity index (χ4v) is 2.26. The monoisotopic (exact) mass is 259 g/mol. The highest BCUT2D eigenvalue weighted by Gasteiger charge is 2.52. The molecule has 2 heterocycles. The zero-order valence-corrected chi connectivity index (χ0v) is 12.0. The topological polar surface area (TPSA) is 44.5 Å². The van der Waals surface area contributed by atoms with E-state index < -0.39 is 7.12 Å². The first-order valence-electron chi connectivity index (χ1n) is 6.52. The summed E-state index contributed by atoms with van der Waals surface area (Å²) in [4.78, 5) is 0. The van der Waals surface area contributed by atoms with E-state index in [-0.39, 0.29) is 11.2 Å².